The third kappa shape index (κ3) is 3.34. The molecule has 1 nitrogen and oxygen atoms in total. The zero-order chi connectivity index (χ0) is 21.8. The first-order valence-electron chi connectivity index (χ1n) is 11.3. The van der Waals surface area contributed by atoms with Crippen molar-refractivity contribution in [2.75, 3.05) is 6.54 Å². The lowest BCUT2D eigenvalue weighted by Crippen LogP contribution is -2.49. The Morgan fingerprint density at radius 1 is 0.688 bits per heavy atom. The van der Waals surface area contributed by atoms with Gasteiger partial charge in [-0.2, -0.15) is 0 Å². The van der Waals surface area contributed by atoms with E-state index >= 15 is 0 Å². The maximum Gasteiger partial charge on any atom is 0.0985 e. The SMILES string of the molecule is C#CCN([C@@H]1CCc2ccccc21)C(c1ccccc1)(c1ccccc1)c1ccccc1. The molecule has 5 rings (SSSR count). The van der Waals surface area contributed by atoms with Crippen LogP contribution in [0.1, 0.15) is 40.3 Å². The molecular formula is C31H27N. The van der Waals surface area contributed by atoms with Crippen molar-refractivity contribution in [1.29, 1.82) is 0 Å². The lowest BCUT2D eigenvalue weighted by atomic mass is 9.74. The van der Waals surface area contributed by atoms with E-state index in [0.29, 0.717) is 6.54 Å². The fourth-order valence-electron chi connectivity index (χ4n) is 5.45. The zero-order valence-electron chi connectivity index (χ0n) is 18.2. The lowest BCUT2D eigenvalue weighted by Gasteiger charge is -2.48. The van der Waals surface area contributed by atoms with Crippen molar-refractivity contribution in [2.45, 2.75) is 24.4 Å². The normalized spacial score (nSPS) is 15.3. The van der Waals surface area contributed by atoms with E-state index in [4.69, 9.17) is 6.42 Å². The van der Waals surface area contributed by atoms with Crippen LogP contribution < -0.4 is 0 Å². The molecule has 0 amide bonds. The third-order valence-corrected chi connectivity index (χ3v) is 6.74. The molecule has 0 aromatic heterocycles. The molecule has 4 aromatic carbocycles. The molecule has 0 N–H and O–H groups in total. The predicted octanol–water partition coefficient (Wildman–Crippen LogP) is 6.60. The summed E-state index contributed by atoms with van der Waals surface area (Å²) in [5.74, 6) is 3.02. The Bertz CT molecular complexity index is 1110. The number of hydrogen-bond donors (Lipinski definition) is 0. The Kier molecular flexibility index (Phi) is 5.63. The van der Waals surface area contributed by atoms with Crippen LogP contribution in [0.25, 0.3) is 0 Å². The van der Waals surface area contributed by atoms with Crippen molar-refractivity contribution in [3.63, 3.8) is 0 Å². The van der Waals surface area contributed by atoms with Gasteiger partial charge in [-0.15, -0.1) is 6.42 Å². The highest BCUT2D eigenvalue weighted by atomic mass is 15.2. The standard InChI is InChI=1S/C31H27N/c1-2-24-32(30-23-22-25-14-12-13-21-29(25)30)31(26-15-6-3-7-16-26,27-17-8-4-9-18-27)28-19-10-5-11-20-28/h1,3-21,30H,22-24H2/t30-/m1/s1. The minimum absolute atomic E-state index is 0.239. The van der Waals surface area contributed by atoms with Crippen molar-refractivity contribution < 1.29 is 0 Å². The van der Waals surface area contributed by atoms with Crippen LogP contribution in [0.5, 0.6) is 0 Å². The Morgan fingerprint density at radius 3 is 1.66 bits per heavy atom. The van der Waals surface area contributed by atoms with Crippen LogP contribution in [0.2, 0.25) is 0 Å². The van der Waals surface area contributed by atoms with E-state index in [-0.39, 0.29) is 6.04 Å². The Balaban J connectivity index is 1.83. The highest BCUT2D eigenvalue weighted by Crippen LogP contribution is 2.49. The van der Waals surface area contributed by atoms with Crippen molar-refractivity contribution in [3.8, 4) is 12.3 Å². The highest BCUT2D eigenvalue weighted by molar-refractivity contribution is 5.51. The molecule has 4 aromatic rings. The second kappa shape index (κ2) is 8.87. The highest BCUT2D eigenvalue weighted by Gasteiger charge is 2.46. The van der Waals surface area contributed by atoms with Gasteiger partial charge in [0, 0.05) is 6.04 Å². The smallest absolute Gasteiger partial charge is 0.0985 e. The maximum atomic E-state index is 6.06. The van der Waals surface area contributed by atoms with E-state index in [1.54, 1.807) is 0 Å². The number of terminal acetylenes is 1. The van der Waals surface area contributed by atoms with Crippen LogP contribution in [0.3, 0.4) is 0 Å². The first-order chi connectivity index (χ1) is 15.9. The summed E-state index contributed by atoms with van der Waals surface area (Å²) in [5.41, 5.74) is 6.03. The number of benzene rings is 4. The number of hydrogen-bond acceptors (Lipinski definition) is 1. The van der Waals surface area contributed by atoms with Gasteiger partial charge in [0.15, 0.2) is 0 Å². The summed E-state index contributed by atoms with van der Waals surface area (Å²) in [7, 11) is 0. The van der Waals surface area contributed by atoms with Gasteiger partial charge in [0.1, 0.15) is 0 Å². The summed E-state index contributed by atoms with van der Waals surface area (Å²) in [5, 5.41) is 0. The largest absolute Gasteiger partial charge is 0.268 e. The van der Waals surface area contributed by atoms with Gasteiger partial charge in [-0.1, -0.05) is 121 Å². The lowest BCUT2D eigenvalue weighted by molar-refractivity contribution is 0.116. The van der Waals surface area contributed by atoms with Crippen LogP contribution in [-0.4, -0.2) is 11.4 Å². The van der Waals surface area contributed by atoms with Gasteiger partial charge in [-0.05, 0) is 40.7 Å². The fourth-order valence-corrected chi connectivity index (χ4v) is 5.45. The van der Waals surface area contributed by atoms with E-state index < -0.39 is 5.54 Å². The van der Waals surface area contributed by atoms with E-state index in [0.717, 1.165) is 12.8 Å². The molecule has 156 valence electrons. The van der Waals surface area contributed by atoms with E-state index in [9.17, 15) is 0 Å². The van der Waals surface area contributed by atoms with E-state index in [2.05, 4.69) is 126 Å². The Morgan fingerprint density at radius 2 is 1.16 bits per heavy atom. The molecule has 0 fully saturated rings. The van der Waals surface area contributed by atoms with E-state index in [1.807, 2.05) is 0 Å². The molecule has 0 heterocycles. The average Bonchev–Trinajstić information content (AvgIpc) is 3.30. The molecule has 1 aliphatic carbocycles. The second-order valence-corrected chi connectivity index (χ2v) is 8.39. The average molecular weight is 414 g/mol. The van der Waals surface area contributed by atoms with Crippen molar-refractivity contribution in [2.24, 2.45) is 0 Å². The summed E-state index contributed by atoms with van der Waals surface area (Å²) in [4.78, 5) is 2.55. The second-order valence-electron chi connectivity index (χ2n) is 8.39. The van der Waals surface area contributed by atoms with Gasteiger partial charge in [0.25, 0.3) is 0 Å². The minimum atomic E-state index is -0.502. The van der Waals surface area contributed by atoms with Crippen molar-refractivity contribution >= 4 is 0 Å². The molecule has 0 radical (unpaired) electrons. The van der Waals surface area contributed by atoms with Gasteiger partial charge < -0.3 is 0 Å². The number of nitrogens with zero attached hydrogens (tertiary/aromatic N) is 1. The Hall–Kier alpha value is -3.60. The molecule has 0 saturated carbocycles. The van der Waals surface area contributed by atoms with Gasteiger partial charge in [-0.3, -0.25) is 4.90 Å². The summed E-state index contributed by atoms with van der Waals surface area (Å²) in [6.07, 6.45) is 8.20. The monoisotopic (exact) mass is 413 g/mol. The summed E-state index contributed by atoms with van der Waals surface area (Å²) < 4.78 is 0. The van der Waals surface area contributed by atoms with Crippen LogP contribution in [0.15, 0.2) is 115 Å². The summed E-state index contributed by atoms with van der Waals surface area (Å²) in [6, 6.07) is 41.6. The quantitative estimate of drug-likeness (QED) is 0.254. The van der Waals surface area contributed by atoms with Gasteiger partial charge in [0.05, 0.1) is 12.1 Å². The summed E-state index contributed by atoms with van der Waals surface area (Å²) in [6.45, 7) is 0.553. The molecular weight excluding hydrogens is 386 g/mol. The maximum absolute atomic E-state index is 6.06. The molecule has 1 heteroatoms. The molecule has 0 saturated heterocycles. The molecule has 32 heavy (non-hydrogen) atoms. The molecule has 0 bridgehead atoms. The third-order valence-electron chi connectivity index (χ3n) is 6.74. The minimum Gasteiger partial charge on any atom is -0.268 e. The number of aryl methyl sites for hydroxylation is 1. The number of fused-ring (bicyclic) bond motifs is 1. The van der Waals surface area contributed by atoms with Crippen molar-refractivity contribution in [3.05, 3.63) is 143 Å². The first-order valence-corrected chi connectivity index (χ1v) is 11.3. The van der Waals surface area contributed by atoms with Gasteiger partial charge >= 0.3 is 0 Å². The van der Waals surface area contributed by atoms with Crippen molar-refractivity contribution in [1.82, 2.24) is 4.90 Å². The molecule has 0 unspecified atom stereocenters. The van der Waals surface area contributed by atoms with Gasteiger partial charge in [0.2, 0.25) is 0 Å². The summed E-state index contributed by atoms with van der Waals surface area (Å²) >= 11 is 0. The molecule has 0 aliphatic heterocycles. The van der Waals surface area contributed by atoms with Crippen LogP contribution in [0, 0.1) is 12.3 Å². The van der Waals surface area contributed by atoms with Crippen LogP contribution in [0.4, 0.5) is 0 Å². The molecule has 0 spiro atoms. The Labute approximate surface area is 191 Å². The fraction of sp³-hybridized carbons (Fsp3) is 0.161. The number of rotatable bonds is 6. The predicted molar refractivity (Wildman–Crippen MR) is 132 cm³/mol. The van der Waals surface area contributed by atoms with E-state index in [1.165, 1.54) is 27.8 Å². The van der Waals surface area contributed by atoms with Gasteiger partial charge in [-0.25, -0.2) is 0 Å². The van der Waals surface area contributed by atoms with Crippen LogP contribution >= 0.6 is 0 Å². The molecule has 1 aliphatic rings. The topological polar surface area (TPSA) is 3.24 Å². The molecule has 1 atom stereocenters. The zero-order valence-corrected chi connectivity index (χ0v) is 18.2. The van der Waals surface area contributed by atoms with Crippen LogP contribution in [-0.2, 0) is 12.0 Å². The first kappa shape index (κ1) is 20.3.